The van der Waals surface area contributed by atoms with Crippen LogP contribution in [0.4, 0.5) is 0 Å². The highest BCUT2D eigenvalue weighted by atomic mass is 16.2. The van der Waals surface area contributed by atoms with Gasteiger partial charge in [-0.2, -0.15) is 0 Å². The molecule has 0 atom stereocenters. The maximum Gasteiger partial charge on any atom is 0.231 e. The van der Waals surface area contributed by atoms with Crippen LogP contribution in [0.1, 0.15) is 20.3 Å². The molecule has 1 aliphatic heterocycles. The van der Waals surface area contributed by atoms with Crippen LogP contribution in [-0.4, -0.2) is 17.9 Å². The number of likely N-dealkylation sites (tertiary alicyclic amines) is 1. The van der Waals surface area contributed by atoms with Gasteiger partial charge in [-0.05, 0) is 11.5 Å². The molecule has 0 radical (unpaired) electrons. The normalized spacial score (nSPS) is 20.0. The summed E-state index contributed by atoms with van der Waals surface area (Å²) in [4.78, 5) is 12.9. The van der Waals surface area contributed by atoms with Crippen LogP contribution in [0.25, 0.3) is 0 Å². The first-order valence-corrected chi connectivity index (χ1v) is 4.78. The lowest BCUT2D eigenvalue weighted by molar-refractivity contribution is -0.125. The second kappa shape index (κ2) is 3.82. The number of carbonyl (C=O) groups is 1. The summed E-state index contributed by atoms with van der Waals surface area (Å²) < 4.78 is 0. The molecule has 1 rings (SSSR count). The smallest absolute Gasteiger partial charge is 0.231 e. The number of rotatable bonds is 2. The molecule has 1 aliphatic rings. The van der Waals surface area contributed by atoms with Gasteiger partial charge in [-0.25, -0.2) is 0 Å². The van der Waals surface area contributed by atoms with Crippen LogP contribution in [0.5, 0.6) is 0 Å². The predicted molar refractivity (Wildman–Crippen MR) is 58.6 cm³/mol. The van der Waals surface area contributed by atoms with Gasteiger partial charge in [0.1, 0.15) is 0 Å². The molecule has 1 fully saturated rings. The molecular weight excluding hydrogens is 174 g/mol. The fraction of sp³-hybridized carbons (Fsp3) is 0.417. The zero-order chi connectivity index (χ0) is 10.9. The molecular formula is C12H17NO. The van der Waals surface area contributed by atoms with E-state index in [1.165, 1.54) is 0 Å². The lowest BCUT2D eigenvalue weighted by Gasteiger charge is -2.09. The van der Waals surface area contributed by atoms with Gasteiger partial charge >= 0.3 is 0 Å². The van der Waals surface area contributed by atoms with Crippen molar-refractivity contribution in [2.75, 3.05) is 7.05 Å². The number of nitrogens with zero attached hydrogens (tertiary/aromatic N) is 1. The Kier molecular flexibility index (Phi) is 2.94. The molecule has 1 amide bonds. The molecule has 2 heteroatoms. The van der Waals surface area contributed by atoms with Crippen LogP contribution < -0.4 is 0 Å². The number of hydrogen-bond donors (Lipinski definition) is 0. The quantitative estimate of drug-likeness (QED) is 0.656. The van der Waals surface area contributed by atoms with E-state index >= 15 is 0 Å². The molecule has 0 aromatic rings. The third-order valence-electron chi connectivity index (χ3n) is 2.59. The SMILES string of the molecule is C=C(/C=C1/CC(=O)N(C)C1=C)C(C)C. The van der Waals surface area contributed by atoms with Crippen molar-refractivity contribution in [1.29, 1.82) is 0 Å². The van der Waals surface area contributed by atoms with E-state index in [0.29, 0.717) is 12.3 Å². The standard InChI is InChI=1S/C12H17NO/c1-8(2)9(3)6-11-7-12(14)13(5)10(11)4/h6,8H,3-4,7H2,1-2,5H3/b11-6-. The molecule has 2 nitrogen and oxygen atoms in total. The molecule has 1 heterocycles. The lowest BCUT2D eigenvalue weighted by Crippen LogP contribution is -2.16. The molecule has 0 spiro atoms. The maximum atomic E-state index is 11.3. The van der Waals surface area contributed by atoms with E-state index in [1.807, 2.05) is 6.08 Å². The summed E-state index contributed by atoms with van der Waals surface area (Å²) in [7, 11) is 1.75. The summed E-state index contributed by atoms with van der Waals surface area (Å²) in [6.07, 6.45) is 2.44. The minimum atomic E-state index is 0.109. The Balaban J connectivity index is 2.86. The summed E-state index contributed by atoms with van der Waals surface area (Å²) in [5.74, 6) is 0.522. The molecule has 0 bridgehead atoms. The lowest BCUT2D eigenvalue weighted by atomic mass is 10.0. The highest BCUT2D eigenvalue weighted by molar-refractivity contribution is 5.86. The first kappa shape index (κ1) is 10.8. The van der Waals surface area contributed by atoms with Gasteiger partial charge in [-0.1, -0.05) is 38.7 Å². The van der Waals surface area contributed by atoms with Gasteiger partial charge in [-0.3, -0.25) is 4.79 Å². The van der Waals surface area contributed by atoms with Crippen LogP contribution >= 0.6 is 0 Å². The Morgan fingerprint density at radius 3 is 2.50 bits per heavy atom. The first-order valence-electron chi connectivity index (χ1n) is 4.78. The second-order valence-electron chi connectivity index (χ2n) is 3.98. The topological polar surface area (TPSA) is 20.3 Å². The zero-order valence-corrected chi connectivity index (χ0v) is 9.13. The van der Waals surface area contributed by atoms with E-state index in [4.69, 9.17) is 0 Å². The van der Waals surface area contributed by atoms with Crippen LogP contribution in [0.2, 0.25) is 0 Å². The molecule has 0 N–H and O–H groups in total. The van der Waals surface area contributed by atoms with E-state index in [-0.39, 0.29) is 5.91 Å². The third kappa shape index (κ3) is 1.95. The monoisotopic (exact) mass is 191 g/mol. The van der Waals surface area contributed by atoms with Gasteiger partial charge in [0, 0.05) is 12.7 Å². The van der Waals surface area contributed by atoms with E-state index in [2.05, 4.69) is 27.0 Å². The molecule has 0 aliphatic carbocycles. The minimum Gasteiger partial charge on any atom is -0.316 e. The Labute approximate surface area is 85.6 Å². The largest absolute Gasteiger partial charge is 0.316 e. The van der Waals surface area contributed by atoms with Crippen molar-refractivity contribution in [3.8, 4) is 0 Å². The van der Waals surface area contributed by atoms with Crippen molar-refractivity contribution in [3.63, 3.8) is 0 Å². The highest BCUT2D eigenvalue weighted by Gasteiger charge is 2.25. The van der Waals surface area contributed by atoms with Crippen LogP contribution in [0.15, 0.2) is 36.1 Å². The number of carbonyl (C=O) groups excluding carboxylic acids is 1. The van der Waals surface area contributed by atoms with Crippen LogP contribution in [-0.2, 0) is 4.79 Å². The molecule has 0 saturated carbocycles. The Bertz CT molecular complexity index is 323. The van der Waals surface area contributed by atoms with Crippen molar-refractivity contribution in [2.45, 2.75) is 20.3 Å². The summed E-state index contributed by atoms with van der Waals surface area (Å²) in [6.45, 7) is 12.0. The van der Waals surface area contributed by atoms with Gasteiger partial charge < -0.3 is 4.90 Å². The van der Waals surface area contributed by atoms with E-state index in [9.17, 15) is 4.79 Å². The van der Waals surface area contributed by atoms with Crippen molar-refractivity contribution < 1.29 is 4.79 Å². The first-order chi connectivity index (χ1) is 6.43. The molecule has 1 saturated heterocycles. The van der Waals surface area contributed by atoms with Crippen molar-refractivity contribution in [2.24, 2.45) is 5.92 Å². The van der Waals surface area contributed by atoms with Gasteiger partial charge in [0.25, 0.3) is 0 Å². The molecule has 14 heavy (non-hydrogen) atoms. The van der Waals surface area contributed by atoms with Crippen molar-refractivity contribution >= 4 is 5.91 Å². The average molecular weight is 191 g/mol. The summed E-state index contributed by atoms with van der Waals surface area (Å²) in [5, 5.41) is 0. The summed E-state index contributed by atoms with van der Waals surface area (Å²) in [6, 6.07) is 0. The van der Waals surface area contributed by atoms with E-state index in [0.717, 1.165) is 16.8 Å². The minimum absolute atomic E-state index is 0.109. The number of allylic oxidation sites excluding steroid dienone is 3. The van der Waals surface area contributed by atoms with Crippen LogP contribution in [0, 0.1) is 5.92 Å². The third-order valence-corrected chi connectivity index (χ3v) is 2.59. The Morgan fingerprint density at radius 1 is 1.57 bits per heavy atom. The summed E-state index contributed by atoms with van der Waals surface area (Å²) in [5.41, 5.74) is 2.84. The summed E-state index contributed by atoms with van der Waals surface area (Å²) >= 11 is 0. The Morgan fingerprint density at radius 2 is 2.14 bits per heavy atom. The van der Waals surface area contributed by atoms with Crippen LogP contribution in [0.3, 0.4) is 0 Å². The number of likely N-dealkylation sites (N-methyl/N-ethyl adjacent to an activating group) is 1. The van der Waals surface area contributed by atoms with Crippen molar-refractivity contribution in [3.05, 3.63) is 36.1 Å². The predicted octanol–water partition coefficient (Wildman–Crippen LogP) is 2.50. The van der Waals surface area contributed by atoms with Gasteiger partial charge in [-0.15, -0.1) is 0 Å². The number of amides is 1. The highest BCUT2D eigenvalue weighted by Crippen LogP contribution is 2.27. The Hall–Kier alpha value is -1.31. The molecule has 0 aromatic carbocycles. The molecule has 76 valence electrons. The second-order valence-corrected chi connectivity index (χ2v) is 3.98. The number of hydrogen-bond acceptors (Lipinski definition) is 1. The molecule has 0 aromatic heterocycles. The van der Waals surface area contributed by atoms with E-state index in [1.54, 1.807) is 11.9 Å². The maximum absolute atomic E-state index is 11.3. The average Bonchev–Trinajstić information content (AvgIpc) is 2.33. The fourth-order valence-corrected chi connectivity index (χ4v) is 1.27. The van der Waals surface area contributed by atoms with Gasteiger partial charge in [0.05, 0.1) is 6.42 Å². The van der Waals surface area contributed by atoms with E-state index < -0.39 is 0 Å². The molecule has 0 unspecified atom stereocenters. The van der Waals surface area contributed by atoms with Gasteiger partial charge in [0.15, 0.2) is 0 Å². The fourth-order valence-electron chi connectivity index (χ4n) is 1.27. The van der Waals surface area contributed by atoms with Crippen molar-refractivity contribution in [1.82, 2.24) is 4.90 Å². The van der Waals surface area contributed by atoms with Gasteiger partial charge in [0.2, 0.25) is 5.91 Å². The zero-order valence-electron chi connectivity index (χ0n) is 9.13.